The van der Waals surface area contributed by atoms with Crippen molar-refractivity contribution in [3.8, 4) is 11.5 Å². The molecular formula is C31H32F3N3O5. The van der Waals surface area contributed by atoms with Gasteiger partial charge < -0.3 is 25.4 Å². The van der Waals surface area contributed by atoms with E-state index in [4.69, 9.17) is 15.2 Å². The number of nitrogens with one attached hydrogen (secondary N) is 1. The minimum Gasteiger partial charge on any atom is -0.459 e. The first-order valence-electron chi connectivity index (χ1n) is 13.5. The summed E-state index contributed by atoms with van der Waals surface area (Å²) in [5, 5.41) is 1.79. The highest BCUT2D eigenvalue weighted by Gasteiger charge is 2.34. The third-order valence-electron chi connectivity index (χ3n) is 6.70. The average molecular weight is 584 g/mol. The van der Waals surface area contributed by atoms with Crippen LogP contribution in [0.2, 0.25) is 0 Å². The van der Waals surface area contributed by atoms with Crippen LogP contribution >= 0.6 is 0 Å². The van der Waals surface area contributed by atoms with Crippen LogP contribution in [-0.4, -0.2) is 54.0 Å². The van der Waals surface area contributed by atoms with E-state index in [0.29, 0.717) is 36.4 Å². The van der Waals surface area contributed by atoms with Crippen LogP contribution in [-0.2, 0) is 38.6 Å². The lowest BCUT2D eigenvalue weighted by atomic mass is 10.0. The molecule has 0 spiro atoms. The zero-order valence-corrected chi connectivity index (χ0v) is 22.8. The number of rotatable bonds is 12. The first-order chi connectivity index (χ1) is 20.1. The van der Waals surface area contributed by atoms with Gasteiger partial charge in [0.15, 0.2) is 0 Å². The van der Waals surface area contributed by atoms with E-state index < -0.39 is 36.7 Å². The summed E-state index contributed by atoms with van der Waals surface area (Å²) in [5.41, 5.74) is 8.01. The van der Waals surface area contributed by atoms with Crippen molar-refractivity contribution in [3.63, 3.8) is 0 Å². The summed E-state index contributed by atoms with van der Waals surface area (Å²) >= 11 is 0. The lowest BCUT2D eigenvalue weighted by Crippen LogP contribution is -2.45. The lowest BCUT2D eigenvalue weighted by Gasteiger charge is -2.26. The Morgan fingerprint density at radius 3 is 2.12 bits per heavy atom. The molecule has 8 nitrogen and oxygen atoms in total. The number of alkyl halides is 3. The van der Waals surface area contributed by atoms with Crippen molar-refractivity contribution in [2.24, 2.45) is 5.73 Å². The molecule has 1 aliphatic heterocycles. The first-order valence-corrected chi connectivity index (χ1v) is 13.5. The number of halogens is 3. The summed E-state index contributed by atoms with van der Waals surface area (Å²) < 4.78 is 48.7. The summed E-state index contributed by atoms with van der Waals surface area (Å²) in [7, 11) is 0. The fourth-order valence-corrected chi connectivity index (χ4v) is 4.64. The van der Waals surface area contributed by atoms with E-state index in [1.807, 2.05) is 36.4 Å². The quantitative estimate of drug-likeness (QED) is 0.308. The van der Waals surface area contributed by atoms with Crippen LogP contribution in [0.4, 0.5) is 13.2 Å². The highest BCUT2D eigenvalue weighted by atomic mass is 19.4. The molecule has 3 aromatic rings. The molecule has 1 aliphatic rings. The molecule has 0 bridgehead atoms. The van der Waals surface area contributed by atoms with Crippen molar-refractivity contribution in [1.29, 1.82) is 0 Å². The van der Waals surface area contributed by atoms with Gasteiger partial charge in [0.05, 0.1) is 6.04 Å². The van der Waals surface area contributed by atoms with Gasteiger partial charge in [-0.25, -0.2) is 4.79 Å². The molecule has 222 valence electrons. The number of ether oxygens (including phenoxy) is 2. The summed E-state index contributed by atoms with van der Waals surface area (Å²) in [6.07, 6.45) is -3.22. The van der Waals surface area contributed by atoms with E-state index >= 15 is 0 Å². The third-order valence-corrected chi connectivity index (χ3v) is 6.70. The standard InChI is InChI=1S/C31H32F3N3O5/c32-31(33,34)20-36-29(39)26(35)17-22-9-4-11-24(15-22)42-25-12-5-10-23(16-25)18-27(37-14-6-13-28(37)38)30(40)41-19-21-7-2-1-3-8-21/h1-5,7-12,15-16,26-27H,6,13-14,17-20,35H2,(H,36,39)/t26-,27-/m0/s1. The molecule has 4 rings (SSSR count). The number of carbonyl (C=O) groups is 3. The normalized spacial score (nSPS) is 14.8. The molecular weight excluding hydrogens is 551 g/mol. The van der Waals surface area contributed by atoms with Crippen LogP contribution in [0.5, 0.6) is 11.5 Å². The Kier molecular flexibility index (Phi) is 10.2. The Bertz CT molecular complexity index is 1380. The second-order valence-electron chi connectivity index (χ2n) is 10.0. The van der Waals surface area contributed by atoms with Gasteiger partial charge in [0.25, 0.3) is 0 Å². The fraction of sp³-hybridized carbons (Fsp3) is 0.323. The number of hydrogen-bond acceptors (Lipinski definition) is 6. The van der Waals surface area contributed by atoms with Gasteiger partial charge in [0, 0.05) is 19.4 Å². The highest BCUT2D eigenvalue weighted by molar-refractivity contribution is 5.86. The highest BCUT2D eigenvalue weighted by Crippen LogP contribution is 2.26. The molecule has 42 heavy (non-hydrogen) atoms. The second-order valence-corrected chi connectivity index (χ2v) is 10.0. The monoisotopic (exact) mass is 583 g/mol. The van der Waals surface area contributed by atoms with Crippen molar-refractivity contribution in [1.82, 2.24) is 10.2 Å². The smallest absolute Gasteiger partial charge is 0.405 e. The molecule has 0 aromatic heterocycles. The van der Waals surface area contributed by atoms with Crippen molar-refractivity contribution in [2.75, 3.05) is 13.1 Å². The van der Waals surface area contributed by atoms with Crippen LogP contribution in [0.25, 0.3) is 0 Å². The maximum absolute atomic E-state index is 13.2. The van der Waals surface area contributed by atoms with Gasteiger partial charge >= 0.3 is 12.1 Å². The molecule has 0 unspecified atom stereocenters. The largest absolute Gasteiger partial charge is 0.459 e. The molecule has 1 saturated heterocycles. The predicted octanol–water partition coefficient (Wildman–Crippen LogP) is 4.30. The topological polar surface area (TPSA) is 111 Å². The van der Waals surface area contributed by atoms with Gasteiger partial charge in [-0.2, -0.15) is 13.2 Å². The van der Waals surface area contributed by atoms with Gasteiger partial charge in [0.2, 0.25) is 11.8 Å². The number of hydrogen-bond donors (Lipinski definition) is 2. The van der Waals surface area contributed by atoms with Crippen LogP contribution in [0, 0.1) is 0 Å². The Morgan fingerprint density at radius 2 is 1.52 bits per heavy atom. The minimum atomic E-state index is -4.52. The molecule has 0 aliphatic carbocycles. The van der Waals surface area contributed by atoms with Gasteiger partial charge in [-0.3, -0.25) is 9.59 Å². The zero-order chi connectivity index (χ0) is 30.1. The number of nitrogens with two attached hydrogens (primary N) is 1. The number of likely N-dealkylation sites (tertiary alicyclic amines) is 1. The summed E-state index contributed by atoms with van der Waals surface area (Å²) in [4.78, 5) is 39.2. The van der Waals surface area contributed by atoms with Gasteiger partial charge in [-0.05, 0) is 53.8 Å². The molecule has 0 saturated carbocycles. The molecule has 2 atom stereocenters. The van der Waals surface area contributed by atoms with Crippen LogP contribution in [0.1, 0.15) is 29.5 Å². The number of benzene rings is 3. The molecule has 3 aromatic carbocycles. The predicted molar refractivity (Wildman–Crippen MR) is 148 cm³/mol. The van der Waals surface area contributed by atoms with Crippen LogP contribution < -0.4 is 15.8 Å². The number of esters is 1. The molecule has 0 radical (unpaired) electrons. The lowest BCUT2D eigenvalue weighted by molar-refractivity contribution is -0.154. The Hall–Kier alpha value is -4.38. The van der Waals surface area contributed by atoms with Crippen molar-refractivity contribution in [3.05, 3.63) is 95.6 Å². The Labute approximate surface area is 241 Å². The van der Waals surface area contributed by atoms with Crippen molar-refractivity contribution >= 4 is 17.8 Å². The maximum Gasteiger partial charge on any atom is 0.405 e. The van der Waals surface area contributed by atoms with Gasteiger partial charge in [-0.1, -0.05) is 54.6 Å². The van der Waals surface area contributed by atoms with Crippen molar-refractivity contribution in [2.45, 2.75) is 50.6 Å². The minimum absolute atomic E-state index is 0.0115. The Morgan fingerprint density at radius 1 is 0.905 bits per heavy atom. The zero-order valence-electron chi connectivity index (χ0n) is 22.8. The summed E-state index contributed by atoms with van der Waals surface area (Å²) in [5.74, 6) is -0.572. The molecule has 1 heterocycles. The molecule has 2 amide bonds. The van der Waals surface area contributed by atoms with Gasteiger partial charge in [-0.15, -0.1) is 0 Å². The third kappa shape index (κ3) is 9.07. The van der Waals surface area contributed by atoms with Gasteiger partial charge in [0.1, 0.15) is 30.7 Å². The van der Waals surface area contributed by atoms with Crippen LogP contribution in [0.15, 0.2) is 78.9 Å². The van der Waals surface area contributed by atoms with E-state index in [1.165, 1.54) is 0 Å². The fourth-order valence-electron chi connectivity index (χ4n) is 4.64. The average Bonchev–Trinajstić information content (AvgIpc) is 3.39. The van der Waals surface area contributed by atoms with Crippen molar-refractivity contribution < 1.29 is 37.0 Å². The molecule has 3 N–H and O–H groups in total. The second kappa shape index (κ2) is 14.0. The molecule has 11 heteroatoms. The first kappa shape index (κ1) is 30.6. The van der Waals surface area contributed by atoms with Crippen LogP contribution in [0.3, 0.4) is 0 Å². The summed E-state index contributed by atoms with van der Waals surface area (Å²) in [6.45, 7) is -0.870. The molecule has 1 fully saturated rings. The SMILES string of the molecule is N[C@@H](Cc1cccc(Oc2cccc(C[C@@H](C(=O)OCc3ccccc3)N3CCCC3=O)c2)c1)C(=O)NCC(F)(F)F. The van der Waals surface area contributed by atoms with E-state index in [1.54, 1.807) is 52.7 Å². The van der Waals surface area contributed by atoms with E-state index in [2.05, 4.69) is 0 Å². The summed E-state index contributed by atoms with van der Waals surface area (Å²) in [6, 6.07) is 21.2. The number of carbonyl (C=O) groups excluding carboxylic acids is 3. The van der Waals surface area contributed by atoms with E-state index in [9.17, 15) is 27.6 Å². The van der Waals surface area contributed by atoms with E-state index in [0.717, 1.165) is 11.1 Å². The Balaban J connectivity index is 1.41. The number of nitrogens with zero attached hydrogens (tertiary/aromatic N) is 1. The van der Waals surface area contributed by atoms with E-state index in [-0.39, 0.29) is 25.4 Å². The maximum atomic E-state index is 13.2. The number of amides is 2.